The van der Waals surface area contributed by atoms with Gasteiger partial charge in [0.2, 0.25) is 0 Å². The predicted molar refractivity (Wildman–Crippen MR) is 154 cm³/mol. The first-order valence-corrected chi connectivity index (χ1v) is 14.4. The van der Waals surface area contributed by atoms with Crippen LogP contribution in [0.5, 0.6) is 0 Å². The molecule has 1 aromatic carbocycles. The molecule has 8 nitrogen and oxygen atoms in total. The molecule has 1 aromatic heterocycles. The van der Waals surface area contributed by atoms with E-state index in [4.69, 9.17) is 14.6 Å². The van der Waals surface area contributed by atoms with Gasteiger partial charge in [0.05, 0.1) is 23.2 Å². The number of nitrogens with zero attached hydrogens (tertiary/aromatic N) is 3. The molecule has 1 fully saturated rings. The number of esters is 1. The molecule has 8 heteroatoms. The van der Waals surface area contributed by atoms with E-state index in [0.29, 0.717) is 25.4 Å². The SMILES string of the molecule is COCCCn1nc(C)c2ccc(C[C@@H](C[C@@H]([C@@H]3C[C@@H](C(C)C)C(=O)O3)N(C(=O)O)C(C)(C)C)C(C)C)cc21. The van der Waals surface area contributed by atoms with Gasteiger partial charge in [0.25, 0.3) is 0 Å². The number of fused-ring (bicyclic) bond motifs is 1. The van der Waals surface area contributed by atoms with E-state index < -0.39 is 23.8 Å². The molecule has 4 atom stereocenters. The zero-order valence-electron chi connectivity index (χ0n) is 25.4. The van der Waals surface area contributed by atoms with Gasteiger partial charge in [-0.15, -0.1) is 0 Å². The lowest BCUT2D eigenvalue weighted by atomic mass is 9.80. The maximum absolute atomic E-state index is 12.7. The molecule has 2 aromatic rings. The molecular weight excluding hydrogens is 494 g/mol. The molecule has 0 spiro atoms. The van der Waals surface area contributed by atoms with Crippen LogP contribution in [0.15, 0.2) is 18.2 Å². The summed E-state index contributed by atoms with van der Waals surface area (Å²) in [6, 6.07) is 6.13. The first kappa shape index (κ1) is 30.9. The second-order valence-corrected chi connectivity index (χ2v) is 12.9. The molecule has 3 rings (SSSR count). The number of carbonyl (C=O) groups is 2. The Kier molecular flexibility index (Phi) is 10.1. The lowest BCUT2D eigenvalue weighted by Gasteiger charge is -2.43. The van der Waals surface area contributed by atoms with Crippen molar-refractivity contribution >= 4 is 23.0 Å². The quantitative estimate of drug-likeness (QED) is 0.249. The number of benzene rings is 1. The number of carboxylic acid groups (broad SMARTS) is 1. The van der Waals surface area contributed by atoms with Crippen LogP contribution in [-0.2, 0) is 27.2 Å². The van der Waals surface area contributed by atoms with Crippen molar-refractivity contribution in [3.05, 3.63) is 29.5 Å². The second kappa shape index (κ2) is 12.7. The lowest BCUT2D eigenvalue weighted by molar-refractivity contribution is -0.148. The van der Waals surface area contributed by atoms with E-state index in [9.17, 15) is 14.7 Å². The highest BCUT2D eigenvalue weighted by atomic mass is 16.6. The number of rotatable bonds is 12. The molecule has 218 valence electrons. The van der Waals surface area contributed by atoms with Crippen LogP contribution < -0.4 is 0 Å². The normalized spacial score (nSPS) is 19.6. The number of carbonyl (C=O) groups excluding carboxylic acids is 1. The number of amides is 1. The van der Waals surface area contributed by atoms with Gasteiger partial charge in [-0.2, -0.15) is 5.10 Å². The summed E-state index contributed by atoms with van der Waals surface area (Å²) in [6.07, 6.45) is 1.44. The first-order chi connectivity index (χ1) is 18.2. The Labute approximate surface area is 234 Å². The molecule has 0 radical (unpaired) electrons. The highest BCUT2D eigenvalue weighted by Crippen LogP contribution is 2.37. The summed E-state index contributed by atoms with van der Waals surface area (Å²) in [7, 11) is 1.71. The largest absolute Gasteiger partial charge is 0.465 e. The van der Waals surface area contributed by atoms with Crippen LogP contribution in [-0.4, -0.2) is 63.3 Å². The zero-order valence-corrected chi connectivity index (χ0v) is 25.4. The van der Waals surface area contributed by atoms with Gasteiger partial charge < -0.3 is 14.6 Å². The van der Waals surface area contributed by atoms with Gasteiger partial charge in [0.1, 0.15) is 6.10 Å². The van der Waals surface area contributed by atoms with Gasteiger partial charge in [-0.3, -0.25) is 14.4 Å². The van der Waals surface area contributed by atoms with Gasteiger partial charge in [0.15, 0.2) is 0 Å². The first-order valence-electron chi connectivity index (χ1n) is 14.4. The number of hydrogen-bond acceptors (Lipinski definition) is 5. The fourth-order valence-electron chi connectivity index (χ4n) is 6.01. The standard InChI is InChI=1S/C31H49N3O5/c1-19(2)23(15-22-11-12-24-21(5)32-33(26(24)16-22)13-10-14-38-9)17-27(34(30(36)37)31(6,7)8)28-18-25(20(3)4)29(35)39-28/h11-12,16,19-20,23,25,27-28H,10,13-15,17-18H2,1-9H3,(H,36,37)/t23-,25-,27-,28-/m0/s1. The summed E-state index contributed by atoms with van der Waals surface area (Å²) in [4.78, 5) is 26.9. The number of aromatic nitrogens is 2. The van der Waals surface area contributed by atoms with Gasteiger partial charge in [0, 0.05) is 31.2 Å². The van der Waals surface area contributed by atoms with Gasteiger partial charge in [-0.25, -0.2) is 4.79 Å². The molecular formula is C31H49N3O5. The smallest absolute Gasteiger partial charge is 0.408 e. The van der Waals surface area contributed by atoms with E-state index in [1.165, 1.54) is 10.5 Å². The molecule has 1 amide bonds. The van der Waals surface area contributed by atoms with E-state index in [1.54, 1.807) is 7.11 Å². The molecule has 0 aliphatic carbocycles. The van der Waals surface area contributed by atoms with Crippen LogP contribution in [0.2, 0.25) is 0 Å². The third-order valence-corrected chi connectivity index (χ3v) is 8.25. The Morgan fingerprint density at radius 2 is 1.95 bits per heavy atom. The van der Waals surface area contributed by atoms with Crippen LogP contribution in [0.3, 0.4) is 0 Å². The number of ether oxygens (including phenoxy) is 2. The summed E-state index contributed by atoms with van der Waals surface area (Å²) in [5, 5.41) is 16.2. The van der Waals surface area contributed by atoms with Crippen molar-refractivity contribution < 1.29 is 24.2 Å². The highest BCUT2D eigenvalue weighted by molar-refractivity contribution is 5.82. The van der Waals surface area contributed by atoms with E-state index in [-0.39, 0.29) is 23.7 Å². The number of cyclic esters (lactones) is 1. The van der Waals surface area contributed by atoms with Gasteiger partial charge >= 0.3 is 12.1 Å². The average Bonchev–Trinajstić information content (AvgIpc) is 3.36. The average molecular weight is 544 g/mol. The summed E-state index contributed by atoms with van der Waals surface area (Å²) in [6.45, 7) is 17.7. The molecule has 0 bridgehead atoms. The van der Waals surface area contributed by atoms with Gasteiger partial charge in [-0.1, -0.05) is 39.8 Å². The van der Waals surface area contributed by atoms with Crippen LogP contribution in [0, 0.1) is 30.6 Å². The van der Waals surface area contributed by atoms with Crippen molar-refractivity contribution in [2.75, 3.05) is 13.7 Å². The topological polar surface area (TPSA) is 93.9 Å². The maximum atomic E-state index is 12.7. The van der Waals surface area contributed by atoms with Crippen molar-refractivity contribution in [1.82, 2.24) is 14.7 Å². The highest BCUT2D eigenvalue weighted by Gasteiger charge is 2.46. The van der Waals surface area contributed by atoms with Crippen molar-refractivity contribution in [1.29, 1.82) is 0 Å². The monoisotopic (exact) mass is 543 g/mol. The second-order valence-electron chi connectivity index (χ2n) is 12.9. The van der Waals surface area contributed by atoms with Crippen LogP contribution in [0.25, 0.3) is 10.9 Å². The Hall–Kier alpha value is -2.61. The number of methoxy groups -OCH3 is 1. The molecule has 0 saturated carbocycles. The minimum atomic E-state index is -0.976. The number of aryl methyl sites for hydroxylation is 2. The number of hydrogen-bond donors (Lipinski definition) is 1. The van der Waals surface area contributed by atoms with Crippen LogP contribution >= 0.6 is 0 Å². The van der Waals surface area contributed by atoms with E-state index >= 15 is 0 Å². The Morgan fingerprint density at radius 1 is 1.26 bits per heavy atom. The van der Waals surface area contributed by atoms with E-state index in [0.717, 1.165) is 36.0 Å². The van der Waals surface area contributed by atoms with Gasteiger partial charge in [-0.05, 0) is 82.8 Å². The lowest BCUT2D eigenvalue weighted by Crippen LogP contribution is -2.56. The van der Waals surface area contributed by atoms with Crippen molar-refractivity contribution in [3.63, 3.8) is 0 Å². The Balaban J connectivity index is 1.93. The summed E-state index contributed by atoms with van der Waals surface area (Å²) in [5.74, 6) is 0.253. The third kappa shape index (κ3) is 7.33. The Morgan fingerprint density at radius 3 is 2.49 bits per heavy atom. The molecule has 39 heavy (non-hydrogen) atoms. The molecule has 1 aliphatic heterocycles. The minimum Gasteiger partial charge on any atom is -0.465 e. The van der Waals surface area contributed by atoms with Crippen LogP contribution in [0.4, 0.5) is 4.79 Å². The van der Waals surface area contributed by atoms with Crippen molar-refractivity contribution in [2.24, 2.45) is 23.7 Å². The summed E-state index contributed by atoms with van der Waals surface area (Å²) < 4.78 is 13.2. The molecule has 1 saturated heterocycles. The third-order valence-electron chi connectivity index (χ3n) is 8.25. The van der Waals surface area contributed by atoms with E-state index in [1.807, 2.05) is 41.5 Å². The zero-order chi connectivity index (χ0) is 29.1. The molecule has 2 heterocycles. The predicted octanol–water partition coefficient (Wildman–Crippen LogP) is 6.32. The van der Waals surface area contributed by atoms with E-state index in [2.05, 4.69) is 36.7 Å². The van der Waals surface area contributed by atoms with Crippen molar-refractivity contribution in [2.45, 2.75) is 105 Å². The van der Waals surface area contributed by atoms with Crippen molar-refractivity contribution in [3.8, 4) is 0 Å². The fourth-order valence-corrected chi connectivity index (χ4v) is 6.01. The fraction of sp³-hybridized carbons (Fsp3) is 0.710. The molecule has 1 aliphatic rings. The Bertz CT molecular complexity index is 1130. The van der Waals surface area contributed by atoms with Crippen LogP contribution in [0.1, 0.15) is 79.0 Å². The molecule has 0 unspecified atom stereocenters. The summed E-state index contributed by atoms with van der Waals surface area (Å²) >= 11 is 0. The minimum absolute atomic E-state index is 0.154. The molecule has 1 N–H and O–H groups in total. The maximum Gasteiger partial charge on any atom is 0.408 e. The summed E-state index contributed by atoms with van der Waals surface area (Å²) in [5.41, 5.74) is 2.70.